The maximum atomic E-state index is 12.6. The van der Waals surface area contributed by atoms with Crippen molar-refractivity contribution in [2.75, 3.05) is 35.8 Å². The number of hydrogen-bond donors (Lipinski definition) is 1. The Hall–Kier alpha value is -3.60. The number of rotatable bonds is 6. The van der Waals surface area contributed by atoms with E-state index in [0.717, 1.165) is 17.1 Å². The fourth-order valence-electron chi connectivity index (χ4n) is 2.79. The Morgan fingerprint density at radius 2 is 1.21 bits per heavy atom. The number of hydrogen-bond acceptors (Lipinski definition) is 3. The van der Waals surface area contributed by atoms with Gasteiger partial charge in [-0.05, 0) is 48.5 Å². The number of carbonyl (C=O) groups is 2. The molecule has 1 N–H and O–H groups in total. The molecule has 28 heavy (non-hydrogen) atoms. The predicted molar refractivity (Wildman–Crippen MR) is 114 cm³/mol. The number of amides is 2. The Morgan fingerprint density at radius 1 is 0.714 bits per heavy atom. The highest BCUT2D eigenvalue weighted by molar-refractivity contribution is 6.05. The van der Waals surface area contributed by atoms with E-state index in [1.165, 1.54) is 0 Å². The second-order valence-electron chi connectivity index (χ2n) is 6.42. The number of nitrogens with zero attached hydrogens (tertiary/aromatic N) is 2. The van der Waals surface area contributed by atoms with E-state index in [-0.39, 0.29) is 18.4 Å². The van der Waals surface area contributed by atoms with Gasteiger partial charge in [0.05, 0.1) is 6.54 Å². The summed E-state index contributed by atoms with van der Waals surface area (Å²) >= 11 is 0. The van der Waals surface area contributed by atoms with E-state index < -0.39 is 0 Å². The van der Waals surface area contributed by atoms with Gasteiger partial charge in [0.15, 0.2) is 0 Å². The highest BCUT2D eigenvalue weighted by Gasteiger charge is 2.14. The Morgan fingerprint density at radius 3 is 1.75 bits per heavy atom. The van der Waals surface area contributed by atoms with Gasteiger partial charge < -0.3 is 15.1 Å². The molecule has 0 aliphatic rings. The van der Waals surface area contributed by atoms with E-state index in [1.54, 1.807) is 36.0 Å². The average molecular weight is 373 g/mol. The SMILES string of the molecule is CN(C(=O)CNc1ccc(C(=O)N(C)c2ccccc2)cc1)c1ccccc1. The molecule has 3 aromatic rings. The Balaban J connectivity index is 1.58. The van der Waals surface area contributed by atoms with Crippen molar-refractivity contribution in [1.29, 1.82) is 0 Å². The zero-order chi connectivity index (χ0) is 19.9. The van der Waals surface area contributed by atoms with E-state index in [9.17, 15) is 9.59 Å². The summed E-state index contributed by atoms with van der Waals surface area (Å²) in [4.78, 5) is 28.2. The van der Waals surface area contributed by atoms with Gasteiger partial charge in [-0.25, -0.2) is 0 Å². The third-order valence-corrected chi connectivity index (χ3v) is 4.54. The van der Waals surface area contributed by atoms with Gasteiger partial charge in [0.1, 0.15) is 0 Å². The fourth-order valence-corrected chi connectivity index (χ4v) is 2.79. The summed E-state index contributed by atoms with van der Waals surface area (Å²) in [7, 11) is 3.50. The third kappa shape index (κ3) is 4.57. The lowest BCUT2D eigenvalue weighted by Crippen LogP contribution is -2.32. The summed E-state index contributed by atoms with van der Waals surface area (Å²) in [5.74, 6) is -0.132. The normalized spacial score (nSPS) is 10.2. The third-order valence-electron chi connectivity index (χ3n) is 4.54. The second-order valence-corrected chi connectivity index (χ2v) is 6.42. The van der Waals surface area contributed by atoms with Crippen LogP contribution in [-0.4, -0.2) is 32.5 Å². The van der Waals surface area contributed by atoms with Crippen molar-refractivity contribution in [2.24, 2.45) is 0 Å². The second kappa shape index (κ2) is 8.86. The number of benzene rings is 3. The number of carbonyl (C=O) groups excluding carboxylic acids is 2. The largest absolute Gasteiger partial charge is 0.376 e. The maximum Gasteiger partial charge on any atom is 0.258 e. The summed E-state index contributed by atoms with van der Waals surface area (Å²) in [5.41, 5.74) is 3.06. The Labute approximate surface area is 165 Å². The molecule has 0 heterocycles. The van der Waals surface area contributed by atoms with Crippen LogP contribution in [-0.2, 0) is 4.79 Å². The molecule has 0 fully saturated rings. The van der Waals surface area contributed by atoms with Crippen LogP contribution in [0.4, 0.5) is 17.1 Å². The molecule has 5 nitrogen and oxygen atoms in total. The van der Waals surface area contributed by atoms with Crippen molar-refractivity contribution in [1.82, 2.24) is 0 Å². The monoisotopic (exact) mass is 373 g/mol. The van der Waals surface area contributed by atoms with Crippen LogP contribution in [0.1, 0.15) is 10.4 Å². The summed E-state index contributed by atoms with van der Waals surface area (Å²) in [6.45, 7) is 0.169. The minimum atomic E-state index is -0.0855. The lowest BCUT2D eigenvalue weighted by atomic mass is 10.1. The quantitative estimate of drug-likeness (QED) is 0.710. The van der Waals surface area contributed by atoms with Crippen molar-refractivity contribution in [2.45, 2.75) is 0 Å². The first-order chi connectivity index (χ1) is 13.6. The lowest BCUT2D eigenvalue weighted by Gasteiger charge is -2.18. The smallest absolute Gasteiger partial charge is 0.258 e. The molecule has 0 spiro atoms. The van der Waals surface area contributed by atoms with Crippen LogP contribution in [0.3, 0.4) is 0 Å². The van der Waals surface area contributed by atoms with Crippen molar-refractivity contribution in [3.63, 3.8) is 0 Å². The first kappa shape index (κ1) is 19.2. The predicted octanol–water partition coefficient (Wildman–Crippen LogP) is 4.04. The van der Waals surface area contributed by atoms with Gasteiger partial charge >= 0.3 is 0 Å². The van der Waals surface area contributed by atoms with Crippen LogP contribution in [0.2, 0.25) is 0 Å². The Bertz CT molecular complexity index is 925. The minimum absolute atomic E-state index is 0.0461. The van der Waals surface area contributed by atoms with Gasteiger partial charge in [0.25, 0.3) is 5.91 Å². The number of para-hydroxylation sites is 2. The molecule has 0 bridgehead atoms. The summed E-state index contributed by atoms with van der Waals surface area (Å²) in [5, 5.41) is 3.11. The van der Waals surface area contributed by atoms with Crippen LogP contribution < -0.4 is 15.1 Å². The first-order valence-electron chi connectivity index (χ1n) is 9.05. The molecule has 0 saturated heterocycles. The molecule has 5 heteroatoms. The van der Waals surface area contributed by atoms with E-state index in [0.29, 0.717) is 5.56 Å². The lowest BCUT2D eigenvalue weighted by molar-refractivity contribution is -0.116. The first-order valence-corrected chi connectivity index (χ1v) is 9.05. The number of nitrogens with one attached hydrogen (secondary N) is 1. The highest BCUT2D eigenvalue weighted by atomic mass is 16.2. The van der Waals surface area contributed by atoms with Gasteiger partial charge in [-0.2, -0.15) is 0 Å². The summed E-state index contributed by atoms with van der Waals surface area (Å²) < 4.78 is 0. The van der Waals surface area contributed by atoms with E-state index in [4.69, 9.17) is 0 Å². The van der Waals surface area contributed by atoms with Gasteiger partial charge in [-0.15, -0.1) is 0 Å². The molecule has 3 aromatic carbocycles. The van der Waals surface area contributed by atoms with Gasteiger partial charge in [0.2, 0.25) is 5.91 Å². The van der Waals surface area contributed by atoms with Crippen molar-refractivity contribution >= 4 is 28.9 Å². The average Bonchev–Trinajstić information content (AvgIpc) is 2.77. The minimum Gasteiger partial charge on any atom is -0.376 e. The van der Waals surface area contributed by atoms with Crippen molar-refractivity contribution < 1.29 is 9.59 Å². The molecule has 0 saturated carbocycles. The van der Waals surface area contributed by atoms with Crippen LogP contribution in [0.25, 0.3) is 0 Å². The number of likely N-dealkylation sites (N-methyl/N-ethyl adjacent to an activating group) is 1. The molecule has 0 unspecified atom stereocenters. The molecule has 3 rings (SSSR count). The van der Waals surface area contributed by atoms with Crippen LogP contribution >= 0.6 is 0 Å². The fraction of sp³-hybridized carbons (Fsp3) is 0.130. The maximum absolute atomic E-state index is 12.6. The van der Waals surface area contributed by atoms with Gasteiger partial charge in [-0.3, -0.25) is 9.59 Å². The molecular formula is C23H23N3O2. The highest BCUT2D eigenvalue weighted by Crippen LogP contribution is 2.17. The zero-order valence-corrected chi connectivity index (χ0v) is 16.0. The van der Waals surface area contributed by atoms with Crippen molar-refractivity contribution in [3.05, 3.63) is 90.5 Å². The molecule has 0 radical (unpaired) electrons. The molecular weight excluding hydrogens is 350 g/mol. The summed E-state index contributed by atoms with van der Waals surface area (Å²) in [6, 6.07) is 26.1. The topological polar surface area (TPSA) is 52.7 Å². The molecule has 0 aliphatic heterocycles. The molecule has 0 aliphatic carbocycles. The van der Waals surface area contributed by atoms with Crippen LogP contribution in [0.5, 0.6) is 0 Å². The Kier molecular flexibility index (Phi) is 6.07. The van der Waals surface area contributed by atoms with E-state index in [1.807, 2.05) is 72.8 Å². The van der Waals surface area contributed by atoms with E-state index in [2.05, 4.69) is 5.32 Å². The standard InChI is InChI=1S/C23H23N3O2/c1-25(20-9-5-3-6-10-20)22(27)17-24-19-15-13-18(14-16-19)23(28)26(2)21-11-7-4-8-12-21/h3-16,24H,17H2,1-2H3. The van der Waals surface area contributed by atoms with Crippen LogP contribution in [0, 0.1) is 0 Å². The van der Waals surface area contributed by atoms with Gasteiger partial charge in [0, 0.05) is 36.7 Å². The van der Waals surface area contributed by atoms with Crippen LogP contribution in [0.15, 0.2) is 84.9 Å². The summed E-state index contributed by atoms with van der Waals surface area (Å²) in [6.07, 6.45) is 0. The van der Waals surface area contributed by atoms with E-state index >= 15 is 0 Å². The zero-order valence-electron chi connectivity index (χ0n) is 16.0. The molecule has 142 valence electrons. The molecule has 2 amide bonds. The van der Waals surface area contributed by atoms with Crippen molar-refractivity contribution in [3.8, 4) is 0 Å². The molecule has 0 aromatic heterocycles. The number of anilines is 3. The molecule has 0 atom stereocenters. The van der Waals surface area contributed by atoms with Gasteiger partial charge in [-0.1, -0.05) is 36.4 Å².